The predicted molar refractivity (Wildman–Crippen MR) is 43.7 cm³/mol. The molecule has 58 valence electrons. The Hall–Kier alpha value is 0.160. The fourth-order valence-corrected chi connectivity index (χ4v) is 1.48. The summed E-state index contributed by atoms with van der Waals surface area (Å²) in [6.07, 6.45) is 0. The number of halogens is 1. The third kappa shape index (κ3) is 1.42. The molecule has 1 saturated heterocycles. The quantitative estimate of drug-likeness (QED) is 0.374. The lowest BCUT2D eigenvalue weighted by molar-refractivity contribution is -0.160. The molecule has 4 heteroatoms. The Kier molecular flexibility index (Phi) is 1.71. The van der Waals surface area contributed by atoms with Crippen LogP contribution in [-0.2, 0) is 14.3 Å². The molecule has 0 aromatic heterocycles. The molecule has 1 rings (SSSR count). The first-order valence-electron chi connectivity index (χ1n) is 2.96. The summed E-state index contributed by atoms with van der Waals surface area (Å²) in [6, 6.07) is 0. The molecule has 0 aromatic carbocycles. The van der Waals surface area contributed by atoms with E-state index >= 15 is 0 Å². The second kappa shape index (κ2) is 2.07. The van der Waals surface area contributed by atoms with Crippen LogP contribution in [-0.4, -0.2) is 15.4 Å². The highest BCUT2D eigenvalue weighted by molar-refractivity contribution is 14.1. The van der Waals surface area contributed by atoms with Gasteiger partial charge in [-0.1, -0.05) is 0 Å². The molecule has 0 spiro atoms. The van der Waals surface area contributed by atoms with E-state index in [1.54, 1.807) is 20.8 Å². The maximum absolute atomic E-state index is 11.0. The number of hydrogen-bond acceptors (Lipinski definition) is 3. The minimum atomic E-state index is -0.804. The summed E-state index contributed by atoms with van der Waals surface area (Å²) in [6.45, 7) is 5.12. The van der Waals surface area contributed by atoms with Gasteiger partial charge in [0, 0.05) is 13.8 Å². The Balaban J connectivity index is 2.81. The highest BCUT2D eigenvalue weighted by Gasteiger charge is 2.48. The van der Waals surface area contributed by atoms with Gasteiger partial charge in [-0.3, -0.25) is 0 Å². The van der Waals surface area contributed by atoms with E-state index in [1.165, 1.54) is 0 Å². The minimum Gasteiger partial charge on any atom is -0.431 e. The Morgan fingerprint density at radius 3 is 2.00 bits per heavy atom. The molecule has 0 bridgehead atoms. The molecule has 0 N–H and O–H groups in total. The number of cyclic esters (lactones) is 1. The first-order valence-corrected chi connectivity index (χ1v) is 4.04. The van der Waals surface area contributed by atoms with E-state index in [-0.39, 0.29) is 5.97 Å². The van der Waals surface area contributed by atoms with Crippen molar-refractivity contribution in [1.82, 2.24) is 0 Å². The van der Waals surface area contributed by atoms with Crippen LogP contribution in [0.3, 0.4) is 0 Å². The fourth-order valence-electron chi connectivity index (χ4n) is 0.838. The minimum absolute atomic E-state index is 0.307. The summed E-state index contributed by atoms with van der Waals surface area (Å²) in [5.41, 5.74) is 0. The standard InChI is InChI=1S/C6H9IO3/c1-5(2)9-4(8)6(3,7)10-5/h1-3H3. The Morgan fingerprint density at radius 2 is 1.90 bits per heavy atom. The molecule has 1 aliphatic rings. The number of alkyl halides is 1. The Labute approximate surface area is 73.2 Å². The van der Waals surface area contributed by atoms with Crippen LogP contribution in [0.1, 0.15) is 20.8 Å². The van der Waals surface area contributed by atoms with Crippen molar-refractivity contribution in [2.24, 2.45) is 0 Å². The van der Waals surface area contributed by atoms with Crippen LogP contribution in [0, 0.1) is 0 Å². The van der Waals surface area contributed by atoms with Gasteiger partial charge in [0.1, 0.15) is 0 Å². The largest absolute Gasteiger partial charge is 0.431 e. The maximum atomic E-state index is 11.0. The molecule has 1 aliphatic heterocycles. The van der Waals surface area contributed by atoms with Gasteiger partial charge < -0.3 is 9.47 Å². The Morgan fingerprint density at radius 1 is 1.40 bits per heavy atom. The van der Waals surface area contributed by atoms with Gasteiger partial charge in [-0.05, 0) is 29.5 Å². The van der Waals surface area contributed by atoms with E-state index in [4.69, 9.17) is 9.47 Å². The molecule has 0 saturated carbocycles. The first kappa shape index (κ1) is 8.26. The zero-order valence-electron chi connectivity index (χ0n) is 6.10. The fraction of sp³-hybridized carbons (Fsp3) is 0.833. The van der Waals surface area contributed by atoms with Crippen molar-refractivity contribution in [1.29, 1.82) is 0 Å². The normalized spacial score (nSPS) is 37.8. The maximum Gasteiger partial charge on any atom is 0.351 e. The second-order valence-electron chi connectivity index (χ2n) is 2.81. The van der Waals surface area contributed by atoms with Crippen molar-refractivity contribution in [3.8, 4) is 0 Å². The van der Waals surface area contributed by atoms with E-state index in [0.29, 0.717) is 0 Å². The highest BCUT2D eigenvalue weighted by Crippen LogP contribution is 2.36. The van der Waals surface area contributed by atoms with Crippen LogP contribution in [0.4, 0.5) is 0 Å². The molecule has 0 aliphatic carbocycles. The van der Waals surface area contributed by atoms with Crippen molar-refractivity contribution < 1.29 is 14.3 Å². The average Bonchev–Trinajstić information content (AvgIpc) is 1.73. The summed E-state index contributed by atoms with van der Waals surface area (Å²) >= 11 is 1.92. The number of carbonyl (C=O) groups excluding carboxylic acids is 1. The molecule has 3 nitrogen and oxygen atoms in total. The van der Waals surface area contributed by atoms with Crippen molar-refractivity contribution >= 4 is 28.6 Å². The van der Waals surface area contributed by atoms with Gasteiger partial charge >= 0.3 is 5.97 Å². The van der Waals surface area contributed by atoms with Crippen molar-refractivity contribution in [2.75, 3.05) is 0 Å². The summed E-state index contributed by atoms with van der Waals surface area (Å²) in [7, 11) is 0. The zero-order valence-corrected chi connectivity index (χ0v) is 8.26. The molecule has 1 heterocycles. The molecule has 1 unspecified atom stereocenters. The van der Waals surface area contributed by atoms with Gasteiger partial charge in [0.15, 0.2) is 0 Å². The van der Waals surface area contributed by atoms with E-state index in [2.05, 4.69) is 0 Å². The van der Waals surface area contributed by atoms with E-state index in [0.717, 1.165) is 0 Å². The first-order chi connectivity index (χ1) is 4.33. The number of rotatable bonds is 0. The molecule has 0 radical (unpaired) electrons. The SMILES string of the molecule is CC1(C)OC(=O)C(C)(I)O1. The lowest BCUT2D eigenvalue weighted by atomic mass is 10.4. The van der Waals surface area contributed by atoms with E-state index < -0.39 is 9.39 Å². The number of hydrogen-bond donors (Lipinski definition) is 0. The lowest BCUT2D eigenvalue weighted by Gasteiger charge is -2.16. The molecular formula is C6H9IO3. The summed E-state index contributed by atoms with van der Waals surface area (Å²) in [4.78, 5) is 11.0. The van der Waals surface area contributed by atoms with Crippen LogP contribution in [0.5, 0.6) is 0 Å². The van der Waals surface area contributed by atoms with Gasteiger partial charge in [-0.2, -0.15) is 0 Å². The van der Waals surface area contributed by atoms with Crippen LogP contribution in [0.15, 0.2) is 0 Å². The number of esters is 1. The number of carbonyl (C=O) groups is 1. The zero-order chi connectivity index (χ0) is 7.99. The Bertz CT molecular complexity index is 174. The highest BCUT2D eigenvalue weighted by atomic mass is 127. The van der Waals surface area contributed by atoms with Crippen LogP contribution in [0.2, 0.25) is 0 Å². The second-order valence-corrected chi connectivity index (χ2v) is 4.87. The molecule has 0 aromatic rings. The van der Waals surface area contributed by atoms with Crippen molar-refractivity contribution in [2.45, 2.75) is 30.2 Å². The number of ether oxygens (including phenoxy) is 2. The van der Waals surface area contributed by atoms with Gasteiger partial charge in [-0.15, -0.1) is 0 Å². The topological polar surface area (TPSA) is 35.5 Å². The molecule has 0 amide bonds. The van der Waals surface area contributed by atoms with E-state index in [1.807, 2.05) is 22.6 Å². The van der Waals surface area contributed by atoms with Crippen LogP contribution in [0.25, 0.3) is 0 Å². The summed E-state index contributed by atoms with van der Waals surface area (Å²) < 4.78 is 9.35. The average molecular weight is 256 g/mol. The van der Waals surface area contributed by atoms with E-state index in [9.17, 15) is 4.79 Å². The summed E-state index contributed by atoms with van der Waals surface area (Å²) in [5.74, 6) is -1.06. The van der Waals surface area contributed by atoms with Crippen molar-refractivity contribution in [3.05, 3.63) is 0 Å². The van der Waals surface area contributed by atoms with Crippen LogP contribution < -0.4 is 0 Å². The molecule has 10 heavy (non-hydrogen) atoms. The third-order valence-corrected chi connectivity index (χ3v) is 1.80. The van der Waals surface area contributed by atoms with Gasteiger partial charge in [0.25, 0.3) is 0 Å². The van der Waals surface area contributed by atoms with Gasteiger partial charge in [0.05, 0.1) is 0 Å². The molecular weight excluding hydrogens is 247 g/mol. The molecule has 1 atom stereocenters. The molecule has 1 fully saturated rings. The van der Waals surface area contributed by atoms with Crippen molar-refractivity contribution in [3.63, 3.8) is 0 Å². The van der Waals surface area contributed by atoms with Crippen LogP contribution >= 0.6 is 22.6 Å². The lowest BCUT2D eigenvalue weighted by Crippen LogP contribution is -2.25. The smallest absolute Gasteiger partial charge is 0.351 e. The third-order valence-electron chi connectivity index (χ3n) is 1.14. The predicted octanol–water partition coefficient (Wildman–Crippen LogP) is 1.45. The van der Waals surface area contributed by atoms with Gasteiger partial charge in [-0.25, -0.2) is 4.79 Å². The van der Waals surface area contributed by atoms with Gasteiger partial charge in [0.2, 0.25) is 9.39 Å². The summed E-state index contributed by atoms with van der Waals surface area (Å²) in [5, 5.41) is 0. The monoisotopic (exact) mass is 256 g/mol.